The molecule has 0 aromatic rings. The van der Waals surface area contributed by atoms with E-state index < -0.39 is 13.9 Å². The highest BCUT2D eigenvalue weighted by atomic mass is 28.4. The monoisotopic (exact) mass is 366 g/mol. The smallest absolute Gasteiger partial charge is 0.192 e. The predicted octanol–water partition coefficient (Wildman–Crippen LogP) is 5.39. The zero-order valence-corrected chi connectivity index (χ0v) is 18.0. The highest BCUT2D eigenvalue weighted by Gasteiger charge is 2.45. The number of rotatable bonds is 6. The van der Waals surface area contributed by atoms with E-state index in [-0.39, 0.29) is 22.8 Å². The Kier molecular flexibility index (Phi) is 6.38. The third-order valence-electron chi connectivity index (χ3n) is 6.83. The number of ketones is 1. The molecule has 2 rings (SSSR count). The third kappa shape index (κ3) is 5.05. The average molecular weight is 367 g/mol. The Morgan fingerprint density at radius 1 is 1.24 bits per heavy atom. The molecule has 0 amide bonds. The maximum Gasteiger partial charge on any atom is 0.192 e. The van der Waals surface area contributed by atoms with Crippen molar-refractivity contribution in [3.05, 3.63) is 12.2 Å². The van der Waals surface area contributed by atoms with Crippen molar-refractivity contribution < 1.29 is 14.3 Å². The molecule has 0 radical (unpaired) electrons. The molecule has 2 aliphatic carbocycles. The maximum atomic E-state index is 12.2. The third-order valence-corrected chi connectivity index (χ3v) is 11.3. The van der Waals surface area contributed by atoms with Crippen LogP contribution in [0.1, 0.15) is 78.6 Å². The van der Waals surface area contributed by atoms with Gasteiger partial charge in [0.2, 0.25) is 0 Å². The fourth-order valence-electron chi connectivity index (χ4n) is 4.04. The van der Waals surface area contributed by atoms with Gasteiger partial charge in [-0.15, -0.1) is 0 Å². The summed E-state index contributed by atoms with van der Waals surface area (Å²) in [7, 11) is -1.90. The van der Waals surface area contributed by atoms with Crippen molar-refractivity contribution in [2.75, 3.05) is 0 Å². The predicted molar refractivity (Wildman–Crippen MR) is 106 cm³/mol. The van der Waals surface area contributed by atoms with E-state index in [1.165, 1.54) is 6.42 Å². The van der Waals surface area contributed by atoms with E-state index in [2.05, 4.69) is 40.4 Å². The zero-order chi connectivity index (χ0) is 18.9. The number of Topliss-reactive ketones (excluding diaryl/α,β-unsaturated/α-hetero) is 1. The van der Waals surface area contributed by atoms with Crippen molar-refractivity contribution in [2.24, 2.45) is 5.92 Å². The van der Waals surface area contributed by atoms with Crippen LogP contribution < -0.4 is 0 Å². The lowest BCUT2D eigenvalue weighted by Crippen LogP contribution is -2.45. The van der Waals surface area contributed by atoms with Crippen LogP contribution in [0.25, 0.3) is 0 Å². The van der Waals surface area contributed by atoms with E-state index in [4.69, 9.17) is 4.43 Å². The molecule has 0 aromatic heterocycles. The number of hydrogen-bond donors (Lipinski definition) is 1. The molecule has 4 heteroatoms. The first-order valence-electron chi connectivity index (χ1n) is 10.1. The minimum absolute atomic E-state index is 0.0121. The quantitative estimate of drug-likeness (QED) is 0.506. The minimum atomic E-state index is -1.90. The first-order valence-corrected chi connectivity index (χ1v) is 13.0. The van der Waals surface area contributed by atoms with Crippen molar-refractivity contribution in [3.63, 3.8) is 0 Å². The van der Waals surface area contributed by atoms with Crippen LogP contribution in [0.4, 0.5) is 0 Å². The Morgan fingerprint density at radius 3 is 2.40 bits per heavy atom. The second kappa shape index (κ2) is 7.65. The molecule has 0 heterocycles. The topological polar surface area (TPSA) is 46.5 Å². The fourth-order valence-corrected chi connectivity index (χ4v) is 5.40. The van der Waals surface area contributed by atoms with E-state index in [0.717, 1.165) is 50.5 Å². The molecule has 2 saturated carbocycles. The van der Waals surface area contributed by atoms with Crippen molar-refractivity contribution in [3.8, 4) is 0 Å². The molecule has 0 spiro atoms. The summed E-state index contributed by atoms with van der Waals surface area (Å²) in [4.78, 5) is 12.2. The molecule has 2 atom stereocenters. The summed E-state index contributed by atoms with van der Waals surface area (Å²) >= 11 is 0. The van der Waals surface area contributed by atoms with Crippen LogP contribution in [-0.2, 0) is 9.22 Å². The van der Waals surface area contributed by atoms with Crippen molar-refractivity contribution in [1.29, 1.82) is 0 Å². The lowest BCUT2D eigenvalue weighted by Gasteiger charge is -2.40. The molecular weight excluding hydrogens is 328 g/mol. The molecule has 25 heavy (non-hydrogen) atoms. The summed E-state index contributed by atoms with van der Waals surface area (Å²) in [5, 5.41) is 10.8. The molecule has 0 bridgehead atoms. The van der Waals surface area contributed by atoms with Gasteiger partial charge in [-0.25, -0.2) is 0 Å². The summed E-state index contributed by atoms with van der Waals surface area (Å²) < 4.78 is 6.58. The van der Waals surface area contributed by atoms with Gasteiger partial charge in [-0.2, -0.15) is 0 Å². The van der Waals surface area contributed by atoms with Crippen LogP contribution in [0.5, 0.6) is 0 Å². The van der Waals surface area contributed by atoms with Gasteiger partial charge in [-0.05, 0) is 55.8 Å². The Bertz CT molecular complexity index is 498. The lowest BCUT2D eigenvalue weighted by atomic mass is 9.80. The van der Waals surface area contributed by atoms with Gasteiger partial charge in [0.15, 0.2) is 14.1 Å². The SMILES string of the molecule is C=C1C(=O)C[C@@H](O[Si](C)(C)C(C)(C)C)[C@@H]1CCCC1(O)CCCCC1. The molecular formula is C21H38O3Si. The molecule has 0 aliphatic heterocycles. The summed E-state index contributed by atoms with van der Waals surface area (Å²) in [6.45, 7) is 15.3. The van der Waals surface area contributed by atoms with Gasteiger partial charge in [-0.3, -0.25) is 4.79 Å². The van der Waals surface area contributed by atoms with Gasteiger partial charge in [0.1, 0.15) is 0 Å². The zero-order valence-electron chi connectivity index (χ0n) is 17.0. The van der Waals surface area contributed by atoms with Gasteiger partial charge in [-0.1, -0.05) is 46.6 Å². The van der Waals surface area contributed by atoms with Gasteiger partial charge in [0.25, 0.3) is 0 Å². The van der Waals surface area contributed by atoms with E-state index in [9.17, 15) is 9.90 Å². The van der Waals surface area contributed by atoms with Crippen LogP contribution >= 0.6 is 0 Å². The first-order chi connectivity index (χ1) is 11.5. The molecule has 3 nitrogen and oxygen atoms in total. The van der Waals surface area contributed by atoms with E-state index in [1.807, 2.05) is 0 Å². The minimum Gasteiger partial charge on any atom is -0.413 e. The maximum absolute atomic E-state index is 12.2. The second-order valence-corrected chi connectivity index (χ2v) is 14.6. The number of carbonyl (C=O) groups is 1. The van der Waals surface area contributed by atoms with Crippen molar-refractivity contribution in [2.45, 2.75) is 108 Å². The summed E-state index contributed by atoms with van der Waals surface area (Å²) in [5.74, 6) is 0.305. The molecule has 0 unspecified atom stereocenters. The molecule has 144 valence electrons. The van der Waals surface area contributed by atoms with Crippen LogP contribution in [0.15, 0.2) is 12.2 Å². The van der Waals surface area contributed by atoms with Crippen molar-refractivity contribution >= 4 is 14.1 Å². The summed E-state index contributed by atoms with van der Waals surface area (Å²) in [6, 6.07) is 0. The molecule has 2 aliphatic rings. The van der Waals surface area contributed by atoms with Crippen LogP contribution in [0.3, 0.4) is 0 Å². The Labute approximate surface area is 155 Å². The number of aliphatic hydroxyl groups is 1. The van der Waals surface area contributed by atoms with Gasteiger partial charge < -0.3 is 9.53 Å². The van der Waals surface area contributed by atoms with Gasteiger partial charge in [0.05, 0.1) is 11.7 Å². The first kappa shape index (κ1) is 20.9. The van der Waals surface area contributed by atoms with E-state index in [0.29, 0.717) is 6.42 Å². The summed E-state index contributed by atoms with van der Waals surface area (Å²) in [6.07, 6.45) is 8.57. The van der Waals surface area contributed by atoms with Crippen LogP contribution in [0.2, 0.25) is 18.1 Å². The average Bonchev–Trinajstić information content (AvgIpc) is 2.73. The second-order valence-electron chi connectivity index (χ2n) is 9.85. The van der Waals surface area contributed by atoms with Crippen LogP contribution in [-0.4, -0.2) is 30.9 Å². The highest BCUT2D eigenvalue weighted by Crippen LogP contribution is 2.43. The molecule has 2 fully saturated rings. The Balaban J connectivity index is 1.96. The fraction of sp³-hybridized carbons (Fsp3) is 0.857. The highest BCUT2D eigenvalue weighted by molar-refractivity contribution is 6.74. The normalized spacial score (nSPS) is 27.8. The largest absolute Gasteiger partial charge is 0.413 e. The number of carbonyl (C=O) groups excluding carboxylic acids is 1. The lowest BCUT2D eigenvalue weighted by molar-refractivity contribution is -0.115. The summed E-state index contributed by atoms with van der Waals surface area (Å²) in [5.41, 5.74) is 0.275. The van der Waals surface area contributed by atoms with E-state index in [1.54, 1.807) is 0 Å². The van der Waals surface area contributed by atoms with Gasteiger partial charge >= 0.3 is 0 Å². The van der Waals surface area contributed by atoms with Gasteiger partial charge in [0, 0.05) is 12.3 Å². The standard InChI is InChI=1S/C21H38O3Si/c1-16-17(11-10-14-21(23)12-8-7-9-13-21)19(15-18(16)22)24-25(5,6)20(2,3)4/h17,19,23H,1,7-15H2,2-6H3/t17-,19-/m1/s1. The van der Waals surface area contributed by atoms with Crippen molar-refractivity contribution in [1.82, 2.24) is 0 Å². The van der Waals surface area contributed by atoms with E-state index >= 15 is 0 Å². The molecule has 0 saturated heterocycles. The number of hydrogen-bond acceptors (Lipinski definition) is 3. The molecule has 0 aromatic carbocycles. The van der Waals surface area contributed by atoms with Crippen LogP contribution in [0, 0.1) is 5.92 Å². The Hall–Kier alpha value is -0.453. The molecule has 1 N–H and O–H groups in total. The Morgan fingerprint density at radius 2 is 1.84 bits per heavy atom.